The van der Waals surface area contributed by atoms with Gasteiger partial charge in [0.15, 0.2) is 0 Å². The number of likely N-dealkylation sites (N-methyl/N-ethyl adjacent to an activating group) is 1. The minimum atomic E-state index is -0.601. The van der Waals surface area contributed by atoms with Crippen molar-refractivity contribution in [3.63, 3.8) is 0 Å². The fourth-order valence-electron chi connectivity index (χ4n) is 3.58. The molecular weight excluding hydrogens is 342 g/mol. The number of urea groups is 1. The number of amides is 2. The number of rotatable bonds is 6. The van der Waals surface area contributed by atoms with Crippen LogP contribution in [0.15, 0.2) is 48.5 Å². The molecule has 2 aromatic carbocycles. The normalized spacial score (nSPS) is 19.4. The summed E-state index contributed by atoms with van der Waals surface area (Å²) in [7, 11) is 5.58. The fourth-order valence-corrected chi connectivity index (χ4v) is 3.58. The molecule has 0 heterocycles. The van der Waals surface area contributed by atoms with E-state index in [9.17, 15) is 9.90 Å². The number of hydrogen-bond acceptors (Lipinski definition) is 4. The standard InChI is InChI=1S/C21H27N3O3/c1-24(2)18(15-8-6-9-16(11-15)27-3)13-22-21(26)23-20-17-10-5-4-7-14(17)12-19(20)25/h4-11,18-20,25H,12-13H2,1-3H3,(H2,22,23,26)/t18?,19-,20+/m0/s1. The third kappa shape index (κ3) is 4.40. The van der Waals surface area contributed by atoms with Gasteiger partial charge in [0.2, 0.25) is 0 Å². The number of carbonyl (C=O) groups is 1. The molecule has 6 heteroatoms. The van der Waals surface area contributed by atoms with E-state index in [1.54, 1.807) is 7.11 Å². The summed E-state index contributed by atoms with van der Waals surface area (Å²) in [6.07, 6.45) is -0.0400. The Kier molecular flexibility index (Phi) is 5.98. The molecule has 0 aliphatic heterocycles. The lowest BCUT2D eigenvalue weighted by Gasteiger charge is -2.26. The van der Waals surface area contributed by atoms with Crippen molar-refractivity contribution >= 4 is 6.03 Å². The molecule has 2 amide bonds. The molecular formula is C21H27N3O3. The predicted molar refractivity (Wildman–Crippen MR) is 105 cm³/mol. The van der Waals surface area contributed by atoms with Gasteiger partial charge in [0.25, 0.3) is 0 Å². The smallest absolute Gasteiger partial charge is 0.315 e. The van der Waals surface area contributed by atoms with Crippen LogP contribution in [0.5, 0.6) is 5.75 Å². The number of aliphatic hydroxyl groups is 1. The average Bonchev–Trinajstić information content (AvgIpc) is 2.97. The van der Waals surface area contributed by atoms with Crippen molar-refractivity contribution in [2.24, 2.45) is 0 Å². The highest BCUT2D eigenvalue weighted by Gasteiger charge is 2.32. The van der Waals surface area contributed by atoms with Crippen molar-refractivity contribution in [1.82, 2.24) is 15.5 Å². The second kappa shape index (κ2) is 8.41. The maximum atomic E-state index is 12.5. The van der Waals surface area contributed by atoms with Crippen molar-refractivity contribution < 1.29 is 14.6 Å². The zero-order chi connectivity index (χ0) is 19.4. The highest BCUT2D eigenvalue weighted by Crippen LogP contribution is 2.31. The molecule has 0 saturated carbocycles. The summed E-state index contributed by atoms with van der Waals surface area (Å²) in [5, 5.41) is 16.1. The van der Waals surface area contributed by atoms with Gasteiger partial charge >= 0.3 is 6.03 Å². The maximum Gasteiger partial charge on any atom is 0.315 e. The summed E-state index contributed by atoms with van der Waals surface area (Å²) < 4.78 is 5.30. The highest BCUT2D eigenvalue weighted by atomic mass is 16.5. The second-order valence-corrected chi connectivity index (χ2v) is 7.06. The van der Waals surface area contributed by atoms with E-state index in [0.717, 1.165) is 22.4 Å². The lowest BCUT2D eigenvalue weighted by Crippen LogP contribution is -2.43. The number of carbonyl (C=O) groups excluding carboxylic acids is 1. The van der Waals surface area contributed by atoms with E-state index in [-0.39, 0.29) is 18.1 Å². The molecule has 1 aliphatic rings. The Bertz CT molecular complexity index is 794. The number of nitrogens with zero attached hydrogens (tertiary/aromatic N) is 1. The number of aliphatic hydroxyl groups excluding tert-OH is 1. The quantitative estimate of drug-likeness (QED) is 0.730. The zero-order valence-electron chi connectivity index (χ0n) is 16.0. The summed E-state index contributed by atoms with van der Waals surface area (Å²) in [4.78, 5) is 14.5. The number of ether oxygens (including phenoxy) is 1. The molecule has 27 heavy (non-hydrogen) atoms. The maximum absolute atomic E-state index is 12.5. The predicted octanol–water partition coefficient (Wildman–Crippen LogP) is 2.26. The van der Waals surface area contributed by atoms with Crippen molar-refractivity contribution in [3.05, 3.63) is 65.2 Å². The average molecular weight is 369 g/mol. The van der Waals surface area contributed by atoms with E-state index in [1.165, 1.54) is 0 Å². The van der Waals surface area contributed by atoms with Gasteiger partial charge < -0.3 is 25.4 Å². The third-order valence-electron chi connectivity index (χ3n) is 5.05. The zero-order valence-corrected chi connectivity index (χ0v) is 16.0. The van der Waals surface area contributed by atoms with Crippen LogP contribution in [0.4, 0.5) is 4.79 Å². The summed E-state index contributed by atoms with van der Waals surface area (Å²) in [5.41, 5.74) is 3.13. The van der Waals surface area contributed by atoms with Gasteiger partial charge in [0.05, 0.1) is 25.3 Å². The van der Waals surface area contributed by atoms with Gasteiger partial charge in [0.1, 0.15) is 5.75 Å². The first-order valence-electron chi connectivity index (χ1n) is 9.10. The van der Waals surface area contributed by atoms with Gasteiger partial charge in [-0.3, -0.25) is 0 Å². The van der Waals surface area contributed by atoms with Crippen LogP contribution < -0.4 is 15.4 Å². The highest BCUT2D eigenvalue weighted by molar-refractivity contribution is 5.75. The Morgan fingerprint density at radius 3 is 2.78 bits per heavy atom. The summed E-state index contributed by atoms with van der Waals surface area (Å²) >= 11 is 0. The Balaban J connectivity index is 1.63. The molecule has 3 rings (SSSR count). The minimum Gasteiger partial charge on any atom is -0.497 e. The number of methoxy groups -OCH3 is 1. The van der Waals surface area contributed by atoms with Crippen LogP contribution in [0.2, 0.25) is 0 Å². The Hall–Kier alpha value is -2.57. The molecule has 6 nitrogen and oxygen atoms in total. The van der Waals surface area contributed by atoms with Crippen molar-refractivity contribution in [2.75, 3.05) is 27.7 Å². The lowest BCUT2D eigenvalue weighted by atomic mass is 10.1. The van der Waals surface area contributed by atoms with Gasteiger partial charge in [-0.15, -0.1) is 0 Å². The van der Waals surface area contributed by atoms with E-state index in [0.29, 0.717) is 13.0 Å². The van der Waals surface area contributed by atoms with E-state index in [4.69, 9.17) is 4.74 Å². The topological polar surface area (TPSA) is 73.8 Å². The summed E-state index contributed by atoms with van der Waals surface area (Å²) in [6, 6.07) is 15.0. The second-order valence-electron chi connectivity index (χ2n) is 7.06. The first-order chi connectivity index (χ1) is 13.0. The molecule has 0 radical (unpaired) electrons. The van der Waals surface area contributed by atoms with Crippen LogP contribution in [0.25, 0.3) is 0 Å². The van der Waals surface area contributed by atoms with Crippen molar-refractivity contribution in [2.45, 2.75) is 24.6 Å². The van der Waals surface area contributed by atoms with Gasteiger partial charge in [-0.05, 0) is 42.9 Å². The Labute approximate surface area is 160 Å². The molecule has 0 fully saturated rings. The summed E-state index contributed by atoms with van der Waals surface area (Å²) in [6.45, 7) is 0.441. The third-order valence-corrected chi connectivity index (χ3v) is 5.05. The fraction of sp³-hybridized carbons (Fsp3) is 0.381. The van der Waals surface area contributed by atoms with Crippen LogP contribution in [-0.4, -0.2) is 49.9 Å². The van der Waals surface area contributed by atoms with Gasteiger partial charge in [-0.25, -0.2) is 4.79 Å². The number of nitrogens with one attached hydrogen (secondary N) is 2. The van der Waals surface area contributed by atoms with Crippen LogP contribution in [0.3, 0.4) is 0 Å². The van der Waals surface area contributed by atoms with E-state index in [2.05, 4.69) is 15.5 Å². The van der Waals surface area contributed by atoms with Crippen LogP contribution in [0, 0.1) is 0 Å². The Morgan fingerprint density at radius 1 is 1.26 bits per heavy atom. The van der Waals surface area contributed by atoms with E-state index >= 15 is 0 Å². The van der Waals surface area contributed by atoms with Crippen molar-refractivity contribution in [1.29, 1.82) is 0 Å². The molecule has 0 aromatic heterocycles. The first kappa shape index (κ1) is 19.2. The molecule has 3 N–H and O–H groups in total. The van der Waals surface area contributed by atoms with Gasteiger partial charge in [-0.2, -0.15) is 0 Å². The lowest BCUT2D eigenvalue weighted by molar-refractivity contribution is 0.142. The van der Waals surface area contributed by atoms with E-state index in [1.807, 2.05) is 62.6 Å². The molecule has 144 valence electrons. The molecule has 0 spiro atoms. The molecule has 2 aromatic rings. The van der Waals surface area contributed by atoms with Gasteiger partial charge in [0, 0.05) is 13.0 Å². The molecule has 1 aliphatic carbocycles. The number of hydrogen-bond donors (Lipinski definition) is 3. The molecule has 0 saturated heterocycles. The molecule has 3 atom stereocenters. The SMILES string of the molecule is COc1cccc(C(CNC(=O)N[C@@H]2c3ccccc3C[C@@H]2O)N(C)C)c1. The molecule has 1 unspecified atom stereocenters. The summed E-state index contributed by atoms with van der Waals surface area (Å²) in [5.74, 6) is 0.787. The van der Waals surface area contributed by atoms with Gasteiger partial charge in [-0.1, -0.05) is 36.4 Å². The van der Waals surface area contributed by atoms with Crippen LogP contribution >= 0.6 is 0 Å². The molecule has 0 bridgehead atoms. The first-order valence-corrected chi connectivity index (χ1v) is 9.10. The van der Waals surface area contributed by atoms with E-state index < -0.39 is 6.10 Å². The largest absolute Gasteiger partial charge is 0.497 e. The Morgan fingerprint density at radius 2 is 2.04 bits per heavy atom. The minimum absolute atomic E-state index is 0.00615. The van der Waals surface area contributed by atoms with Crippen molar-refractivity contribution in [3.8, 4) is 5.75 Å². The van der Waals surface area contributed by atoms with Crippen LogP contribution in [-0.2, 0) is 6.42 Å². The van der Waals surface area contributed by atoms with Crippen LogP contribution in [0.1, 0.15) is 28.8 Å². The monoisotopic (exact) mass is 369 g/mol. The number of benzene rings is 2. The number of fused-ring (bicyclic) bond motifs is 1.